The molecule has 0 aliphatic rings. The van der Waals surface area contributed by atoms with Crippen LogP contribution < -0.4 is 4.90 Å². The van der Waals surface area contributed by atoms with Crippen molar-refractivity contribution in [3.63, 3.8) is 0 Å². The van der Waals surface area contributed by atoms with E-state index in [0.29, 0.717) is 12.5 Å². The van der Waals surface area contributed by atoms with E-state index < -0.39 is 0 Å². The number of amides is 1. The summed E-state index contributed by atoms with van der Waals surface area (Å²) < 4.78 is 1.12. The molecule has 4 aromatic rings. The highest BCUT2D eigenvalue weighted by Gasteiger charge is 2.23. The average molecular weight is 393 g/mol. The number of thiophene rings is 1. The second-order valence-electron chi connectivity index (χ2n) is 6.70. The Hall–Kier alpha value is -2.50. The molecule has 27 heavy (non-hydrogen) atoms. The molecule has 136 valence electrons. The number of thiazole rings is 1. The minimum absolute atomic E-state index is 0.000920. The Kier molecular flexibility index (Phi) is 5.05. The standard InChI is InChI=1S/C22H20N2OS2/c1-15(2)17-10-6-11-18-20(17)23-22(27-18)24(14-16-8-4-3-5-9-16)21(25)19-12-7-13-26-19/h3-13,15H,14H2,1-2H3. The van der Waals surface area contributed by atoms with Gasteiger partial charge in [-0.15, -0.1) is 11.3 Å². The molecule has 0 unspecified atom stereocenters. The highest BCUT2D eigenvalue weighted by Crippen LogP contribution is 2.35. The highest BCUT2D eigenvalue weighted by molar-refractivity contribution is 7.22. The van der Waals surface area contributed by atoms with Crippen LogP contribution >= 0.6 is 22.7 Å². The fourth-order valence-electron chi connectivity index (χ4n) is 3.07. The van der Waals surface area contributed by atoms with E-state index in [2.05, 4.69) is 32.0 Å². The Morgan fingerprint density at radius 2 is 1.85 bits per heavy atom. The average Bonchev–Trinajstić information content (AvgIpc) is 3.35. The zero-order valence-corrected chi connectivity index (χ0v) is 16.9. The summed E-state index contributed by atoms with van der Waals surface area (Å²) in [6.07, 6.45) is 0. The maximum absolute atomic E-state index is 13.2. The van der Waals surface area contributed by atoms with Gasteiger partial charge in [-0.25, -0.2) is 4.98 Å². The minimum Gasteiger partial charge on any atom is -0.279 e. The van der Waals surface area contributed by atoms with Crippen LogP contribution in [0.1, 0.15) is 40.6 Å². The Labute approximate surface area is 166 Å². The molecule has 3 nitrogen and oxygen atoms in total. The maximum atomic E-state index is 13.2. The summed E-state index contributed by atoms with van der Waals surface area (Å²) in [6, 6.07) is 20.1. The normalized spacial score (nSPS) is 11.2. The number of benzene rings is 2. The molecule has 0 aliphatic carbocycles. The van der Waals surface area contributed by atoms with Gasteiger partial charge in [0, 0.05) is 0 Å². The number of rotatable bonds is 5. The maximum Gasteiger partial charge on any atom is 0.270 e. The Morgan fingerprint density at radius 3 is 2.56 bits per heavy atom. The molecular formula is C22H20N2OS2. The second-order valence-corrected chi connectivity index (χ2v) is 8.66. The van der Waals surface area contributed by atoms with E-state index in [0.717, 1.165) is 25.8 Å². The van der Waals surface area contributed by atoms with Crippen molar-refractivity contribution in [2.75, 3.05) is 4.90 Å². The number of hydrogen-bond acceptors (Lipinski definition) is 4. The van der Waals surface area contributed by atoms with Crippen LogP contribution in [0.5, 0.6) is 0 Å². The summed E-state index contributed by atoms with van der Waals surface area (Å²) in [4.78, 5) is 20.6. The topological polar surface area (TPSA) is 33.2 Å². The SMILES string of the molecule is CC(C)c1cccc2sc(N(Cc3ccccc3)C(=O)c3cccs3)nc12. The first-order valence-corrected chi connectivity index (χ1v) is 10.6. The lowest BCUT2D eigenvalue weighted by atomic mass is 10.0. The predicted octanol–water partition coefficient (Wildman–Crippen LogP) is 6.33. The fraction of sp³-hybridized carbons (Fsp3) is 0.182. The van der Waals surface area contributed by atoms with Gasteiger partial charge in [0.25, 0.3) is 5.91 Å². The van der Waals surface area contributed by atoms with Gasteiger partial charge >= 0.3 is 0 Å². The second kappa shape index (κ2) is 7.62. The Morgan fingerprint density at radius 1 is 1.04 bits per heavy atom. The van der Waals surface area contributed by atoms with Gasteiger partial charge < -0.3 is 0 Å². The number of anilines is 1. The molecule has 2 aromatic carbocycles. The van der Waals surface area contributed by atoms with Crippen LogP contribution in [0.3, 0.4) is 0 Å². The van der Waals surface area contributed by atoms with Crippen molar-refractivity contribution in [1.82, 2.24) is 4.98 Å². The van der Waals surface area contributed by atoms with Crippen molar-refractivity contribution in [2.24, 2.45) is 0 Å². The lowest BCUT2D eigenvalue weighted by Crippen LogP contribution is -2.29. The van der Waals surface area contributed by atoms with Crippen molar-refractivity contribution in [1.29, 1.82) is 0 Å². The lowest BCUT2D eigenvalue weighted by molar-refractivity contribution is 0.0989. The molecular weight excluding hydrogens is 372 g/mol. The third-order valence-corrected chi connectivity index (χ3v) is 6.35. The van der Waals surface area contributed by atoms with E-state index in [1.807, 2.05) is 47.8 Å². The minimum atomic E-state index is -0.000920. The molecule has 0 bridgehead atoms. The van der Waals surface area contributed by atoms with Crippen LogP contribution in [0.25, 0.3) is 10.2 Å². The van der Waals surface area contributed by atoms with Crippen LogP contribution in [0.15, 0.2) is 66.0 Å². The fourth-order valence-corrected chi connectivity index (χ4v) is 4.73. The summed E-state index contributed by atoms with van der Waals surface area (Å²) in [5, 5.41) is 2.68. The summed E-state index contributed by atoms with van der Waals surface area (Å²) in [5.74, 6) is 0.387. The molecule has 0 N–H and O–H groups in total. The third-order valence-electron chi connectivity index (χ3n) is 4.45. The molecule has 1 amide bonds. The summed E-state index contributed by atoms with van der Waals surface area (Å²) in [5.41, 5.74) is 3.31. The molecule has 2 aromatic heterocycles. The van der Waals surface area contributed by atoms with Gasteiger partial charge in [-0.2, -0.15) is 0 Å². The molecule has 0 saturated heterocycles. The van der Waals surface area contributed by atoms with Crippen molar-refractivity contribution >= 4 is 43.9 Å². The molecule has 2 heterocycles. The van der Waals surface area contributed by atoms with Crippen LogP contribution in [0, 0.1) is 0 Å². The van der Waals surface area contributed by atoms with E-state index in [-0.39, 0.29) is 5.91 Å². The van der Waals surface area contributed by atoms with Crippen molar-refractivity contribution in [2.45, 2.75) is 26.3 Å². The first-order chi connectivity index (χ1) is 13.1. The zero-order chi connectivity index (χ0) is 18.8. The van der Waals surface area contributed by atoms with Gasteiger partial charge in [0.15, 0.2) is 5.13 Å². The Balaban J connectivity index is 1.79. The van der Waals surface area contributed by atoms with Crippen LogP contribution in [-0.2, 0) is 6.54 Å². The third kappa shape index (κ3) is 3.66. The number of para-hydroxylation sites is 1. The number of carbonyl (C=O) groups excluding carboxylic acids is 1. The van der Waals surface area contributed by atoms with Gasteiger partial charge in [0.2, 0.25) is 0 Å². The highest BCUT2D eigenvalue weighted by atomic mass is 32.1. The molecule has 0 atom stereocenters. The number of carbonyl (C=O) groups is 1. The first-order valence-electron chi connectivity index (χ1n) is 8.92. The van der Waals surface area contributed by atoms with Gasteiger partial charge in [-0.3, -0.25) is 9.69 Å². The van der Waals surface area contributed by atoms with Gasteiger partial charge in [-0.1, -0.05) is 73.7 Å². The number of aromatic nitrogens is 1. The molecule has 4 rings (SSSR count). The molecule has 0 radical (unpaired) electrons. The molecule has 5 heteroatoms. The van der Waals surface area contributed by atoms with E-state index >= 15 is 0 Å². The van der Waals surface area contributed by atoms with Crippen LogP contribution in [0.4, 0.5) is 5.13 Å². The van der Waals surface area contributed by atoms with E-state index in [9.17, 15) is 4.79 Å². The van der Waals surface area contributed by atoms with Gasteiger partial charge in [0.1, 0.15) is 0 Å². The smallest absolute Gasteiger partial charge is 0.270 e. The quantitative estimate of drug-likeness (QED) is 0.398. The van der Waals surface area contributed by atoms with E-state index in [4.69, 9.17) is 4.98 Å². The van der Waals surface area contributed by atoms with E-state index in [1.54, 1.807) is 16.2 Å². The van der Waals surface area contributed by atoms with Crippen molar-refractivity contribution in [3.05, 3.63) is 82.0 Å². The largest absolute Gasteiger partial charge is 0.279 e. The van der Waals surface area contributed by atoms with Gasteiger partial charge in [-0.05, 0) is 34.6 Å². The monoisotopic (exact) mass is 392 g/mol. The first kappa shape index (κ1) is 17.9. The predicted molar refractivity (Wildman–Crippen MR) is 115 cm³/mol. The zero-order valence-electron chi connectivity index (χ0n) is 15.3. The molecule has 0 spiro atoms. The number of hydrogen-bond donors (Lipinski definition) is 0. The molecule has 0 saturated carbocycles. The summed E-state index contributed by atoms with van der Waals surface area (Å²) in [7, 11) is 0. The van der Waals surface area contributed by atoms with Crippen molar-refractivity contribution in [3.8, 4) is 0 Å². The number of fused-ring (bicyclic) bond motifs is 1. The Bertz CT molecular complexity index is 1050. The van der Waals surface area contributed by atoms with Crippen LogP contribution in [-0.4, -0.2) is 10.9 Å². The number of nitrogens with zero attached hydrogens (tertiary/aromatic N) is 2. The van der Waals surface area contributed by atoms with Crippen LogP contribution in [0.2, 0.25) is 0 Å². The lowest BCUT2D eigenvalue weighted by Gasteiger charge is -2.19. The molecule has 0 fully saturated rings. The summed E-state index contributed by atoms with van der Waals surface area (Å²) in [6.45, 7) is 4.85. The summed E-state index contributed by atoms with van der Waals surface area (Å²) >= 11 is 3.05. The van der Waals surface area contributed by atoms with Gasteiger partial charge in [0.05, 0.1) is 21.6 Å². The van der Waals surface area contributed by atoms with Crippen molar-refractivity contribution < 1.29 is 4.79 Å². The van der Waals surface area contributed by atoms with E-state index in [1.165, 1.54) is 16.9 Å². The molecule has 0 aliphatic heterocycles.